The van der Waals surface area contributed by atoms with E-state index in [-0.39, 0.29) is 5.41 Å². The molecule has 2 N–H and O–H groups in total. The Balaban J connectivity index is 1.61. The van der Waals surface area contributed by atoms with Crippen LogP contribution in [-0.4, -0.2) is 35.8 Å². The first-order chi connectivity index (χ1) is 13.2. The maximum atomic E-state index is 6.02. The van der Waals surface area contributed by atoms with E-state index in [0.29, 0.717) is 18.7 Å². The molecular formula is C21H24N4O2. The van der Waals surface area contributed by atoms with Crippen LogP contribution in [0, 0.1) is 5.41 Å². The van der Waals surface area contributed by atoms with E-state index in [9.17, 15) is 0 Å². The second-order valence-electron chi connectivity index (χ2n) is 7.99. The Hall–Kier alpha value is -2.47. The average Bonchev–Trinajstić information content (AvgIpc) is 3.23. The molecule has 5 rings (SSSR count). The number of methoxy groups -OCH3 is 1. The lowest BCUT2D eigenvalue weighted by molar-refractivity contribution is -0.00983. The summed E-state index contributed by atoms with van der Waals surface area (Å²) in [4.78, 5) is 13.2. The monoisotopic (exact) mass is 364 g/mol. The van der Waals surface area contributed by atoms with E-state index >= 15 is 0 Å². The van der Waals surface area contributed by atoms with Crippen molar-refractivity contribution in [2.45, 2.75) is 43.7 Å². The lowest BCUT2D eigenvalue weighted by Gasteiger charge is -2.45. The van der Waals surface area contributed by atoms with Gasteiger partial charge in [-0.25, -0.2) is 15.0 Å². The maximum absolute atomic E-state index is 6.02. The third-order valence-electron chi connectivity index (χ3n) is 6.81. The van der Waals surface area contributed by atoms with Crippen molar-refractivity contribution in [2.75, 3.05) is 13.7 Å². The third kappa shape index (κ3) is 2.39. The molecule has 1 aromatic carbocycles. The van der Waals surface area contributed by atoms with Gasteiger partial charge in [-0.3, -0.25) is 0 Å². The highest BCUT2D eigenvalue weighted by Crippen LogP contribution is 2.61. The van der Waals surface area contributed by atoms with Crippen LogP contribution in [0.2, 0.25) is 0 Å². The number of hydrogen-bond donors (Lipinski definition) is 1. The van der Waals surface area contributed by atoms with Gasteiger partial charge in [0.15, 0.2) is 0 Å². The summed E-state index contributed by atoms with van der Waals surface area (Å²) in [6, 6.07) is 6.95. The van der Waals surface area contributed by atoms with E-state index in [1.54, 1.807) is 6.33 Å². The standard InChI is InChI=1S/C21H24N4O2/c1-26-17-4-6-20(7-5-17)9-15-3-2-14(16-10-23-13-24-11-16)8-18(15)21(20)12-27-19(22)25-21/h2-3,8,10-11,13,17H,4-7,9,12H2,1H3,(H2,22,25)/t17-,20-,21?. The van der Waals surface area contributed by atoms with Crippen molar-refractivity contribution in [3.63, 3.8) is 0 Å². The highest BCUT2D eigenvalue weighted by molar-refractivity contribution is 5.75. The molecule has 0 saturated heterocycles. The Bertz CT molecular complexity index is 890. The molecule has 0 radical (unpaired) electrons. The van der Waals surface area contributed by atoms with Crippen LogP contribution in [0.3, 0.4) is 0 Å². The summed E-state index contributed by atoms with van der Waals surface area (Å²) in [6.07, 6.45) is 10.9. The maximum Gasteiger partial charge on any atom is 0.283 e. The van der Waals surface area contributed by atoms with Gasteiger partial charge in [0.2, 0.25) is 0 Å². The lowest BCUT2D eigenvalue weighted by atomic mass is 9.62. The van der Waals surface area contributed by atoms with Crippen LogP contribution in [0.15, 0.2) is 41.9 Å². The topological polar surface area (TPSA) is 82.6 Å². The second kappa shape index (κ2) is 6.02. The Morgan fingerprint density at radius 3 is 2.59 bits per heavy atom. The number of nitrogens with zero attached hydrogens (tertiary/aromatic N) is 3. The van der Waals surface area contributed by atoms with Crippen molar-refractivity contribution in [2.24, 2.45) is 16.1 Å². The van der Waals surface area contributed by atoms with Crippen molar-refractivity contribution in [3.05, 3.63) is 48.0 Å². The van der Waals surface area contributed by atoms with Crippen molar-refractivity contribution >= 4 is 6.02 Å². The molecule has 2 aliphatic carbocycles. The number of nitrogens with two attached hydrogens (primary N) is 1. The third-order valence-corrected chi connectivity index (χ3v) is 6.81. The van der Waals surface area contributed by atoms with E-state index in [4.69, 9.17) is 20.2 Å². The average molecular weight is 364 g/mol. The van der Waals surface area contributed by atoms with Gasteiger partial charge in [-0.2, -0.15) is 0 Å². The van der Waals surface area contributed by atoms with E-state index in [2.05, 4.69) is 28.2 Å². The van der Waals surface area contributed by atoms with Gasteiger partial charge >= 0.3 is 0 Å². The SMILES string of the molecule is CO[C@H]1CC[C@]2(CC1)Cc1ccc(-c3cncnc3)cc1C21COC(N)=N1. The molecule has 6 heteroatoms. The minimum Gasteiger partial charge on any atom is -0.462 e. The first-order valence-corrected chi connectivity index (χ1v) is 9.56. The van der Waals surface area contributed by atoms with Crippen LogP contribution in [0.25, 0.3) is 11.1 Å². The van der Waals surface area contributed by atoms with Gasteiger partial charge in [0.05, 0.1) is 6.10 Å². The summed E-state index contributed by atoms with van der Waals surface area (Å²) in [6.45, 7) is 0.526. The molecule has 2 heterocycles. The summed E-state index contributed by atoms with van der Waals surface area (Å²) in [5, 5.41) is 0. The minimum absolute atomic E-state index is 0.0529. The van der Waals surface area contributed by atoms with Crippen molar-refractivity contribution in [3.8, 4) is 11.1 Å². The molecule has 1 atom stereocenters. The van der Waals surface area contributed by atoms with Gasteiger partial charge in [-0.05, 0) is 54.9 Å². The van der Waals surface area contributed by atoms with Gasteiger partial charge in [0.25, 0.3) is 6.02 Å². The van der Waals surface area contributed by atoms with Crippen LogP contribution in [0.4, 0.5) is 0 Å². The first-order valence-electron chi connectivity index (χ1n) is 9.56. The zero-order valence-electron chi connectivity index (χ0n) is 15.5. The van der Waals surface area contributed by atoms with Crippen LogP contribution in [0.1, 0.15) is 36.8 Å². The number of fused-ring (bicyclic) bond motifs is 3. The molecule has 6 nitrogen and oxygen atoms in total. The molecule has 2 spiro atoms. The van der Waals surface area contributed by atoms with Crippen LogP contribution < -0.4 is 5.73 Å². The van der Waals surface area contributed by atoms with Crippen LogP contribution >= 0.6 is 0 Å². The molecule has 140 valence electrons. The molecule has 27 heavy (non-hydrogen) atoms. The summed E-state index contributed by atoms with van der Waals surface area (Å²) in [5.74, 6) is 0. The highest BCUT2D eigenvalue weighted by Gasteiger charge is 2.61. The molecule has 1 aliphatic heterocycles. The number of benzene rings is 1. The van der Waals surface area contributed by atoms with Crippen LogP contribution in [0.5, 0.6) is 0 Å². The Morgan fingerprint density at radius 1 is 1.15 bits per heavy atom. The van der Waals surface area contributed by atoms with E-state index < -0.39 is 5.54 Å². The molecule has 1 aromatic heterocycles. The van der Waals surface area contributed by atoms with Gasteiger partial charge in [-0.1, -0.05) is 12.1 Å². The molecule has 1 unspecified atom stereocenters. The Kier molecular flexibility index (Phi) is 3.72. The Labute approximate surface area is 158 Å². The summed E-state index contributed by atoms with van der Waals surface area (Å²) in [7, 11) is 1.81. The smallest absolute Gasteiger partial charge is 0.283 e. The molecule has 1 fully saturated rings. The summed E-state index contributed by atoms with van der Waals surface area (Å²) < 4.78 is 11.4. The molecule has 0 amide bonds. The van der Waals surface area contributed by atoms with Gasteiger partial charge in [-0.15, -0.1) is 0 Å². The minimum atomic E-state index is -0.392. The van der Waals surface area contributed by atoms with Crippen LogP contribution in [-0.2, 0) is 21.4 Å². The number of amidine groups is 1. The second-order valence-corrected chi connectivity index (χ2v) is 7.99. The Morgan fingerprint density at radius 2 is 1.93 bits per heavy atom. The van der Waals surface area contributed by atoms with Crippen molar-refractivity contribution < 1.29 is 9.47 Å². The predicted octanol–water partition coefficient (Wildman–Crippen LogP) is 2.82. The van der Waals surface area contributed by atoms with E-state index in [0.717, 1.165) is 43.2 Å². The highest BCUT2D eigenvalue weighted by atomic mass is 16.5. The number of ether oxygens (including phenoxy) is 2. The summed E-state index contributed by atoms with van der Waals surface area (Å²) >= 11 is 0. The molecule has 2 aromatic rings. The largest absolute Gasteiger partial charge is 0.462 e. The number of rotatable bonds is 2. The molecule has 1 saturated carbocycles. The number of aliphatic imine (C=N–C) groups is 1. The lowest BCUT2D eigenvalue weighted by Crippen LogP contribution is -2.46. The van der Waals surface area contributed by atoms with Gasteiger partial charge in [0, 0.05) is 30.5 Å². The fraction of sp³-hybridized carbons (Fsp3) is 0.476. The first kappa shape index (κ1) is 16.7. The fourth-order valence-corrected chi connectivity index (χ4v) is 5.35. The number of hydrogen-bond acceptors (Lipinski definition) is 6. The predicted molar refractivity (Wildman–Crippen MR) is 102 cm³/mol. The quantitative estimate of drug-likeness (QED) is 0.886. The number of aromatic nitrogens is 2. The van der Waals surface area contributed by atoms with E-state index in [1.807, 2.05) is 19.5 Å². The zero-order chi connectivity index (χ0) is 18.5. The van der Waals surface area contributed by atoms with Gasteiger partial charge < -0.3 is 15.2 Å². The zero-order valence-corrected chi connectivity index (χ0v) is 15.5. The normalized spacial score (nSPS) is 31.7. The van der Waals surface area contributed by atoms with Crippen molar-refractivity contribution in [1.29, 1.82) is 0 Å². The molecular weight excluding hydrogens is 340 g/mol. The van der Waals surface area contributed by atoms with E-state index in [1.165, 1.54) is 11.1 Å². The fourth-order valence-electron chi connectivity index (χ4n) is 5.35. The molecule has 3 aliphatic rings. The summed E-state index contributed by atoms with van der Waals surface area (Å²) in [5.41, 5.74) is 10.4. The van der Waals surface area contributed by atoms with Gasteiger partial charge in [0.1, 0.15) is 18.5 Å². The van der Waals surface area contributed by atoms with Crippen molar-refractivity contribution in [1.82, 2.24) is 9.97 Å². The molecule has 0 bridgehead atoms.